The van der Waals surface area contributed by atoms with Crippen LogP contribution >= 0.6 is 23.2 Å². The van der Waals surface area contributed by atoms with E-state index in [-0.39, 0.29) is 17.9 Å². The first-order chi connectivity index (χ1) is 13.4. The second-order valence-electron chi connectivity index (χ2n) is 6.92. The lowest BCUT2D eigenvalue weighted by Crippen LogP contribution is -2.54. The lowest BCUT2D eigenvalue weighted by Gasteiger charge is -2.37. The fourth-order valence-electron chi connectivity index (χ4n) is 3.26. The number of carbonyl (C=O) groups is 2. The molecule has 1 atom stereocenters. The topological polar surface area (TPSA) is 52.7 Å². The van der Waals surface area contributed by atoms with Gasteiger partial charge in [0, 0.05) is 47.5 Å². The van der Waals surface area contributed by atoms with E-state index in [0.717, 1.165) is 11.3 Å². The number of amides is 2. The van der Waals surface area contributed by atoms with Gasteiger partial charge >= 0.3 is 0 Å². The number of piperazine rings is 1. The lowest BCUT2D eigenvalue weighted by molar-refractivity contribution is -0.121. The van der Waals surface area contributed by atoms with Crippen LogP contribution in [0.25, 0.3) is 0 Å². The summed E-state index contributed by atoms with van der Waals surface area (Å²) in [4.78, 5) is 29.2. The molecule has 1 aliphatic rings. The average Bonchev–Trinajstić information content (AvgIpc) is 2.70. The summed E-state index contributed by atoms with van der Waals surface area (Å²) in [5.74, 6) is -0.117. The van der Waals surface area contributed by atoms with E-state index >= 15 is 0 Å². The molecule has 2 aromatic rings. The SMILES string of the molecule is Cc1c(Cl)cccc1NC(=O)C(C)N1CCN(C(=O)c2cccc(Cl)c2)CC1. The summed E-state index contributed by atoms with van der Waals surface area (Å²) >= 11 is 12.1. The van der Waals surface area contributed by atoms with Gasteiger partial charge in [-0.2, -0.15) is 0 Å². The molecule has 2 aromatic carbocycles. The van der Waals surface area contributed by atoms with Gasteiger partial charge in [0.05, 0.1) is 6.04 Å². The number of carbonyl (C=O) groups excluding carboxylic acids is 2. The maximum Gasteiger partial charge on any atom is 0.253 e. The molecule has 0 bridgehead atoms. The van der Waals surface area contributed by atoms with E-state index < -0.39 is 0 Å². The minimum atomic E-state index is -0.304. The van der Waals surface area contributed by atoms with Crippen molar-refractivity contribution in [1.82, 2.24) is 9.80 Å². The summed E-state index contributed by atoms with van der Waals surface area (Å²) in [6.45, 7) is 6.16. The van der Waals surface area contributed by atoms with Crippen LogP contribution in [0.1, 0.15) is 22.8 Å². The highest BCUT2D eigenvalue weighted by Gasteiger charge is 2.28. The molecule has 3 rings (SSSR count). The van der Waals surface area contributed by atoms with E-state index in [2.05, 4.69) is 10.2 Å². The molecule has 1 N–H and O–H groups in total. The number of anilines is 1. The summed E-state index contributed by atoms with van der Waals surface area (Å²) < 4.78 is 0. The molecule has 1 unspecified atom stereocenters. The Bertz CT molecular complexity index is 880. The molecule has 0 spiro atoms. The lowest BCUT2D eigenvalue weighted by atomic mass is 10.1. The smallest absolute Gasteiger partial charge is 0.253 e. The summed E-state index contributed by atoms with van der Waals surface area (Å²) in [6.07, 6.45) is 0. The second-order valence-corrected chi connectivity index (χ2v) is 7.76. The standard InChI is InChI=1S/C21H23Cl2N3O2/c1-14-18(23)7-4-8-19(14)24-20(27)15(2)25-9-11-26(12-10-25)21(28)16-5-3-6-17(22)13-16/h3-8,13,15H,9-12H2,1-2H3,(H,24,27). The van der Waals surface area contributed by atoms with Crippen LogP contribution in [0.3, 0.4) is 0 Å². The summed E-state index contributed by atoms with van der Waals surface area (Å²) in [5.41, 5.74) is 2.16. The molecule has 7 heteroatoms. The average molecular weight is 420 g/mol. The summed E-state index contributed by atoms with van der Waals surface area (Å²) in [7, 11) is 0. The highest BCUT2D eigenvalue weighted by Crippen LogP contribution is 2.23. The molecule has 0 aromatic heterocycles. The van der Waals surface area contributed by atoms with Crippen molar-refractivity contribution in [2.75, 3.05) is 31.5 Å². The third-order valence-corrected chi connectivity index (χ3v) is 5.77. The number of halogens is 2. The molecule has 0 radical (unpaired) electrons. The molecule has 28 heavy (non-hydrogen) atoms. The highest BCUT2D eigenvalue weighted by atomic mass is 35.5. The van der Waals surface area contributed by atoms with E-state index in [0.29, 0.717) is 41.8 Å². The zero-order chi connectivity index (χ0) is 20.3. The fraction of sp³-hybridized carbons (Fsp3) is 0.333. The highest BCUT2D eigenvalue weighted by molar-refractivity contribution is 6.31. The molecule has 148 valence electrons. The Morgan fingerprint density at radius 1 is 1.04 bits per heavy atom. The van der Waals surface area contributed by atoms with E-state index in [1.165, 1.54) is 0 Å². The Balaban J connectivity index is 1.57. The number of hydrogen-bond acceptors (Lipinski definition) is 3. The first-order valence-corrected chi connectivity index (χ1v) is 9.97. The van der Waals surface area contributed by atoms with Gasteiger partial charge in [-0.1, -0.05) is 35.3 Å². The van der Waals surface area contributed by atoms with Crippen LogP contribution in [0.5, 0.6) is 0 Å². The van der Waals surface area contributed by atoms with Crippen LogP contribution in [-0.2, 0) is 4.79 Å². The first-order valence-electron chi connectivity index (χ1n) is 9.21. The van der Waals surface area contributed by atoms with Gasteiger partial charge in [-0.15, -0.1) is 0 Å². The Kier molecular flexibility index (Phi) is 6.60. The summed E-state index contributed by atoms with van der Waals surface area (Å²) in [5, 5.41) is 4.12. The zero-order valence-electron chi connectivity index (χ0n) is 15.9. The molecule has 5 nitrogen and oxygen atoms in total. The molecule has 1 fully saturated rings. The molecule has 0 saturated carbocycles. The normalized spacial score (nSPS) is 15.9. The van der Waals surface area contributed by atoms with Crippen molar-refractivity contribution >= 4 is 40.7 Å². The number of nitrogens with one attached hydrogen (secondary N) is 1. The first kappa shape index (κ1) is 20.6. The van der Waals surface area contributed by atoms with Crippen molar-refractivity contribution in [3.63, 3.8) is 0 Å². The van der Waals surface area contributed by atoms with Crippen molar-refractivity contribution in [3.05, 3.63) is 63.6 Å². The molecule has 1 aliphatic heterocycles. The molecule has 0 aliphatic carbocycles. The molecule has 2 amide bonds. The van der Waals surface area contributed by atoms with Gasteiger partial charge in [0.1, 0.15) is 0 Å². The van der Waals surface area contributed by atoms with Gasteiger partial charge in [-0.3, -0.25) is 14.5 Å². The maximum absolute atomic E-state index is 12.7. The minimum Gasteiger partial charge on any atom is -0.336 e. The van der Waals surface area contributed by atoms with Crippen LogP contribution in [0.2, 0.25) is 10.0 Å². The third-order valence-electron chi connectivity index (χ3n) is 5.13. The Labute approximate surface area is 175 Å². The van der Waals surface area contributed by atoms with Crippen molar-refractivity contribution in [1.29, 1.82) is 0 Å². The van der Waals surface area contributed by atoms with Gasteiger partial charge in [-0.05, 0) is 49.7 Å². The zero-order valence-corrected chi connectivity index (χ0v) is 17.4. The minimum absolute atomic E-state index is 0.0335. The van der Waals surface area contributed by atoms with Crippen molar-refractivity contribution in [3.8, 4) is 0 Å². The number of hydrogen-bond donors (Lipinski definition) is 1. The van der Waals surface area contributed by atoms with E-state index in [4.69, 9.17) is 23.2 Å². The molecular formula is C21H23Cl2N3O2. The maximum atomic E-state index is 12.7. The van der Waals surface area contributed by atoms with Crippen LogP contribution in [0.4, 0.5) is 5.69 Å². The fourth-order valence-corrected chi connectivity index (χ4v) is 3.63. The van der Waals surface area contributed by atoms with Gasteiger partial charge in [-0.25, -0.2) is 0 Å². The Morgan fingerprint density at radius 2 is 1.71 bits per heavy atom. The van der Waals surface area contributed by atoms with Crippen molar-refractivity contribution < 1.29 is 9.59 Å². The van der Waals surface area contributed by atoms with E-state index in [1.807, 2.05) is 26.0 Å². The molecule has 1 heterocycles. The van der Waals surface area contributed by atoms with Gasteiger partial charge < -0.3 is 10.2 Å². The van der Waals surface area contributed by atoms with E-state index in [9.17, 15) is 9.59 Å². The summed E-state index contributed by atoms with van der Waals surface area (Å²) in [6, 6.07) is 12.1. The monoisotopic (exact) mass is 419 g/mol. The van der Waals surface area contributed by atoms with Crippen LogP contribution in [0.15, 0.2) is 42.5 Å². The Morgan fingerprint density at radius 3 is 2.39 bits per heavy atom. The van der Waals surface area contributed by atoms with Gasteiger partial charge in [0.15, 0.2) is 0 Å². The number of benzene rings is 2. The predicted octanol–water partition coefficient (Wildman–Crippen LogP) is 4.09. The van der Waals surface area contributed by atoms with Gasteiger partial charge in [0.25, 0.3) is 5.91 Å². The molecule has 1 saturated heterocycles. The van der Waals surface area contributed by atoms with Crippen molar-refractivity contribution in [2.24, 2.45) is 0 Å². The quantitative estimate of drug-likeness (QED) is 0.811. The van der Waals surface area contributed by atoms with Crippen LogP contribution in [-0.4, -0.2) is 53.8 Å². The van der Waals surface area contributed by atoms with E-state index in [1.54, 1.807) is 35.2 Å². The Hall–Kier alpha value is -2.08. The predicted molar refractivity (Wildman–Crippen MR) is 113 cm³/mol. The number of nitrogens with zero attached hydrogens (tertiary/aromatic N) is 2. The largest absolute Gasteiger partial charge is 0.336 e. The van der Waals surface area contributed by atoms with Crippen LogP contribution in [0, 0.1) is 6.92 Å². The van der Waals surface area contributed by atoms with Gasteiger partial charge in [0.2, 0.25) is 5.91 Å². The molecular weight excluding hydrogens is 397 g/mol. The number of rotatable bonds is 4. The van der Waals surface area contributed by atoms with Crippen LogP contribution < -0.4 is 5.32 Å². The van der Waals surface area contributed by atoms with Crippen molar-refractivity contribution in [2.45, 2.75) is 19.9 Å². The second kappa shape index (κ2) is 8.95. The third kappa shape index (κ3) is 4.66.